The summed E-state index contributed by atoms with van der Waals surface area (Å²) in [7, 11) is 0. The number of ether oxygens (including phenoxy) is 1. The van der Waals surface area contributed by atoms with Crippen LogP contribution in [-0.4, -0.2) is 23.8 Å². The lowest BCUT2D eigenvalue weighted by Gasteiger charge is -2.09. The Morgan fingerprint density at radius 2 is 1.81 bits per heavy atom. The van der Waals surface area contributed by atoms with Gasteiger partial charge in [0.25, 0.3) is 0 Å². The monoisotopic (exact) mass is 230 g/mol. The van der Waals surface area contributed by atoms with Crippen molar-refractivity contribution in [3.8, 4) is 0 Å². The Morgan fingerprint density at radius 3 is 2.44 bits per heavy atom. The van der Waals surface area contributed by atoms with Gasteiger partial charge in [-0.25, -0.2) is 0 Å². The Bertz CT molecular complexity index is 169. The lowest BCUT2D eigenvalue weighted by atomic mass is 10.1. The summed E-state index contributed by atoms with van der Waals surface area (Å²) in [6.45, 7) is 4.71. The van der Waals surface area contributed by atoms with Crippen molar-refractivity contribution in [2.75, 3.05) is 6.61 Å². The highest BCUT2D eigenvalue weighted by molar-refractivity contribution is 5.69. The summed E-state index contributed by atoms with van der Waals surface area (Å²) >= 11 is 0. The molecule has 0 spiro atoms. The van der Waals surface area contributed by atoms with Crippen LogP contribution < -0.4 is 0 Å². The van der Waals surface area contributed by atoms with Gasteiger partial charge in [0.05, 0.1) is 12.7 Å². The maximum Gasteiger partial charge on any atom is 0.305 e. The van der Waals surface area contributed by atoms with E-state index in [0.29, 0.717) is 19.4 Å². The Morgan fingerprint density at radius 1 is 1.12 bits per heavy atom. The molecule has 1 atom stereocenters. The second-order valence-electron chi connectivity index (χ2n) is 4.26. The summed E-state index contributed by atoms with van der Waals surface area (Å²) in [6, 6.07) is 0. The average molecular weight is 230 g/mol. The fraction of sp³-hybridized carbons (Fsp3) is 0.923. The van der Waals surface area contributed by atoms with Crippen LogP contribution in [0.4, 0.5) is 0 Å². The van der Waals surface area contributed by atoms with Gasteiger partial charge in [-0.2, -0.15) is 0 Å². The highest BCUT2D eigenvalue weighted by Crippen LogP contribution is 2.08. The highest BCUT2D eigenvalue weighted by atomic mass is 16.5. The second-order valence-corrected chi connectivity index (χ2v) is 4.26. The van der Waals surface area contributed by atoms with Crippen LogP contribution in [-0.2, 0) is 9.53 Å². The molecule has 0 saturated carbocycles. The molecule has 16 heavy (non-hydrogen) atoms. The largest absolute Gasteiger partial charge is 0.466 e. The number of rotatable bonds is 10. The van der Waals surface area contributed by atoms with Gasteiger partial charge >= 0.3 is 5.97 Å². The SMILES string of the molecule is CCCCCC(O)CCC(=O)OCCCC. The number of hydrogen-bond donors (Lipinski definition) is 1. The zero-order chi connectivity index (χ0) is 12.2. The molecule has 0 aliphatic rings. The molecule has 0 aliphatic heterocycles. The average Bonchev–Trinajstić information content (AvgIpc) is 2.27. The van der Waals surface area contributed by atoms with E-state index in [2.05, 4.69) is 13.8 Å². The van der Waals surface area contributed by atoms with Gasteiger partial charge < -0.3 is 9.84 Å². The van der Waals surface area contributed by atoms with Crippen LogP contribution in [0.3, 0.4) is 0 Å². The van der Waals surface area contributed by atoms with E-state index in [1.807, 2.05) is 0 Å². The van der Waals surface area contributed by atoms with Gasteiger partial charge in [-0.15, -0.1) is 0 Å². The Balaban J connectivity index is 3.36. The van der Waals surface area contributed by atoms with Crippen molar-refractivity contribution in [2.24, 2.45) is 0 Å². The van der Waals surface area contributed by atoms with Crippen molar-refractivity contribution in [1.29, 1.82) is 0 Å². The lowest BCUT2D eigenvalue weighted by molar-refractivity contribution is -0.144. The number of unbranched alkanes of at least 4 members (excludes halogenated alkanes) is 3. The number of aliphatic hydroxyl groups is 1. The van der Waals surface area contributed by atoms with Crippen LogP contribution in [0.5, 0.6) is 0 Å². The van der Waals surface area contributed by atoms with Crippen LogP contribution in [0.15, 0.2) is 0 Å². The van der Waals surface area contributed by atoms with Crippen molar-refractivity contribution < 1.29 is 14.6 Å². The molecule has 0 amide bonds. The zero-order valence-corrected chi connectivity index (χ0v) is 10.7. The predicted octanol–water partition coefficient (Wildman–Crippen LogP) is 3.05. The van der Waals surface area contributed by atoms with Crippen molar-refractivity contribution in [1.82, 2.24) is 0 Å². The van der Waals surface area contributed by atoms with E-state index >= 15 is 0 Å². The third kappa shape index (κ3) is 9.97. The van der Waals surface area contributed by atoms with Crippen LogP contribution in [0.25, 0.3) is 0 Å². The van der Waals surface area contributed by atoms with Crippen LogP contribution >= 0.6 is 0 Å². The summed E-state index contributed by atoms with van der Waals surface area (Å²) in [6.07, 6.45) is 6.65. The molecule has 0 bridgehead atoms. The minimum absolute atomic E-state index is 0.178. The molecule has 3 heteroatoms. The van der Waals surface area contributed by atoms with Gasteiger partial charge in [0.15, 0.2) is 0 Å². The Hall–Kier alpha value is -0.570. The molecule has 0 rings (SSSR count). The molecule has 0 aliphatic carbocycles. The smallest absolute Gasteiger partial charge is 0.305 e. The van der Waals surface area contributed by atoms with E-state index in [4.69, 9.17) is 4.74 Å². The van der Waals surface area contributed by atoms with Crippen LogP contribution in [0.2, 0.25) is 0 Å². The fourth-order valence-corrected chi connectivity index (χ4v) is 1.46. The summed E-state index contributed by atoms with van der Waals surface area (Å²) in [5.74, 6) is -0.178. The fourth-order valence-electron chi connectivity index (χ4n) is 1.46. The molecule has 0 aromatic carbocycles. The molecular weight excluding hydrogens is 204 g/mol. The van der Waals surface area contributed by atoms with E-state index < -0.39 is 0 Å². The molecule has 0 heterocycles. The van der Waals surface area contributed by atoms with Crippen molar-refractivity contribution >= 4 is 5.97 Å². The van der Waals surface area contributed by atoms with E-state index in [0.717, 1.165) is 38.5 Å². The minimum Gasteiger partial charge on any atom is -0.466 e. The summed E-state index contributed by atoms with van der Waals surface area (Å²) in [5, 5.41) is 9.59. The summed E-state index contributed by atoms with van der Waals surface area (Å²) < 4.78 is 5.01. The quantitative estimate of drug-likeness (QED) is 0.463. The van der Waals surface area contributed by atoms with E-state index in [9.17, 15) is 9.90 Å². The van der Waals surface area contributed by atoms with Crippen LogP contribution in [0, 0.1) is 0 Å². The zero-order valence-electron chi connectivity index (χ0n) is 10.7. The molecule has 1 unspecified atom stereocenters. The normalized spacial score (nSPS) is 12.4. The molecular formula is C13H26O3. The maximum atomic E-state index is 11.2. The van der Waals surface area contributed by atoms with E-state index in [-0.39, 0.29) is 12.1 Å². The number of aliphatic hydroxyl groups excluding tert-OH is 1. The first-order chi connectivity index (χ1) is 7.70. The number of carbonyl (C=O) groups is 1. The maximum absolute atomic E-state index is 11.2. The molecule has 0 fully saturated rings. The molecule has 96 valence electrons. The minimum atomic E-state index is -0.342. The third-order valence-electron chi connectivity index (χ3n) is 2.58. The van der Waals surface area contributed by atoms with Gasteiger partial charge in [-0.3, -0.25) is 4.79 Å². The molecule has 1 N–H and O–H groups in total. The standard InChI is InChI=1S/C13H26O3/c1-3-5-7-8-12(14)9-10-13(15)16-11-6-4-2/h12,14H,3-11H2,1-2H3. The van der Waals surface area contributed by atoms with Crippen LogP contribution in [0.1, 0.15) is 65.2 Å². The summed E-state index contributed by atoms with van der Waals surface area (Å²) in [4.78, 5) is 11.2. The Labute approximate surface area is 99.2 Å². The van der Waals surface area contributed by atoms with Crippen molar-refractivity contribution in [3.63, 3.8) is 0 Å². The first kappa shape index (κ1) is 15.4. The van der Waals surface area contributed by atoms with E-state index in [1.165, 1.54) is 0 Å². The van der Waals surface area contributed by atoms with Gasteiger partial charge in [0.1, 0.15) is 0 Å². The summed E-state index contributed by atoms with van der Waals surface area (Å²) in [5.41, 5.74) is 0. The molecule has 3 nitrogen and oxygen atoms in total. The first-order valence-corrected chi connectivity index (χ1v) is 6.54. The Kier molecular flexibility index (Phi) is 10.5. The molecule has 0 aromatic rings. The van der Waals surface area contributed by atoms with Gasteiger partial charge in [-0.05, 0) is 19.3 Å². The van der Waals surface area contributed by atoms with Gasteiger partial charge in [0.2, 0.25) is 0 Å². The number of hydrogen-bond acceptors (Lipinski definition) is 3. The number of esters is 1. The van der Waals surface area contributed by atoms with Crippen molar-refractivity contribution in [2.45, 2.75) is 71.3 Å². The van der Waals surface area contributed by atoms with E-state index in [1.54, 1.807) is 0 Å². The molecule has 0 radical (unpaired) electrons. The lowest BCUT2D eigenvalue weighted by Crippen LogP contribution is -2.12. The highest BCUT2D eigenvalue weighted by Gasteiger charge is 2.08. The topological polar surface area (TPSA) is 46.5 Å². The molecule has 0 saturated heterocycles. The number of carbonyl (C=O) groups excluding carboxylic acids is 1. The predicted molar refractivity (Wildman–Crippen MR) is 65.2 cm³/mol. The second kappa shape index (κ2) is 10.9. The van der Waals surface area contributed by atoms with Crippen molar-refractivity contribution in [3.05, 3.63) is 0 Å². The molecule has 0 aromatic heterocycles. The van der Waals surface area contributed by atoms with Gasteiger partial charge in [-0.1, -0.05) is 39.5 Å². The third-order valence-corrected chi connectivity index (χ3v) is 2.58. The van der Waals surface area contributed by atoms with Gasteiger partial charge in [0, 0.05) is 6.42 Å². The first-order valence-electron chi connectivity index (χ1n) is 6.54.